The molecule has 0 aliphatic rings. The monoisotopic (exact) mass is 498 g/mol. The van der Waals surface area contributed by atoms with E-state index in [0.29, 0.717) is 5.75 Å². The van der Waals surface area contributed by atoms with E-state index in [2.05, 4.69) is 4.72 Å². The summed E-state index contributed by atoms with van der Waals surface area (Å²) in [5.74, 6) is -0.647. The fraction of sp³-hybridized carbons (Fsp3) is 0.409. The number of hydrogen-bond acceptors (Lipinski definition) is 7. The molecule has 0 unspecified atom stereocenters. The van der Waals surface area contributed by atoms with Gasteiger partial charge in [-0.3, -0.25) is 4.79 Å². The average Bonchev–Trinajstić information content (AvgIpc) is 2.75. The number of ether oxygens (including phenoxy) is 2. The van der Waals surface area contributed by atoms with E-state index in [1.165, 1.54) is 50.5 Å². The first kappa shape index (κ1) is 26.8. The first-order chi connectivity index (χ1) is 15.3. The van der Waals surface area contributed by atoms with Crippen LogP contribution in [0.2, 0.25) is 0 Å². The zero-order valence-corrected chi connectivity index (χ0v) is 20.9. The van der Waals surface area contributed by atoms with Crippen LogP contribution in [0, 0.1) is 12.8 Å². The molecule has 0 aliphatic carbocycles. The molecule has 0 heterocycles. The third-order valence-electron chi connectivity index (χ3n) is 4.73. The van der Waals surface area contributed by atoms with E-state index >= 15 is 0 Å². The fourth-order valence-corrected chi connectivity index (χ4v) is 4.95. The fourth-order valence-electron chi connectivity index (χ4n) is 2.72. The molecule has 0 aliphatic heterocycles. The smallest absolute Gasteiger partial charge is 0.324 e. The van der Waals surface area contributed by atoms with Crippen LogP contribution >= 0.6 is 0 Å². The maximum Gasteiger partial charge on any atom is 0.324 e. The lowest BCUT2D eigenvalue weighted by Gasteiger charge is -2.21. The lowest BCUT2D eigenvalue weighted by Crippen LogP contribution is -2.45. The molecule has 9 nitrogen and oxygen atoms in total. The van der Waals surface area contributed by atoms with E-state index in [-0.39, 0.29) is 28.9 Å². The van der Waals surface area contributed by atoms with Crippen LogP contribution < -0.4 is 9.46 Å². The Bertz CT molecular complexity index is 1140. The van der Waals surface area contributed by atoms with Gasteiger partial charge in [0.15, 0.2) is 0 Å². The highest BCUT2D eigenvalue weighted by Gasteiger charge is 2.29. The van der Waals surface area contributed by atoms with Gasteiger partial charge in [0.2, 0.25) is 20.0 Å². The number of nitrogens with one attached hydrogen (secondary N) is 1. The largest absolute Gasteiger partial charge is 0.490 e. The Morgan fingerprint density at radius 2 is 1.45 bits per heavy atom. The zero-order chi connectivity index (χ0) is 24.8. The molecule has 0 amide bonds. The third-order valence-corrected chi connectivity index (χ3v) is 8.02. The maximum atomic E-state index is 12.6. The summed E-state index contributed by atoms with van der Waals surface area (Å²) >= 11 is 0. The molecule has 2 aromatic rings. The van der Waals surface area contributed by atoms with Crippen molar-refractivity contribution < 1.29 is 31.1 Å². The van der Waals surface area contributed by atoms with E-state index in [1.54, 1.807) is 26.0 Å². The van der Waals surface area contributed by atoms with Gasteiger partial charge in [0.05, 0.1) is 9.79 Å². The number of rotatable bonds is 11. The molecule has 2 rings (SSSR count). The summed E-state index contributed by atoms with van der Waals surface area (Å²) in [4.78, 5) is 12.7. The Hall–Kier alpha value is -2.47. The van der Waals surface area contributed by atoms with Crippen LogP contribution in [0.4, 0.5) is 0 Å². The number of esters is 1. The molecule has 1 N–H and O–H groups in total. The summed E-state index contributed by atoms with van der Waals surface area (Å²) in [5.41, 5.74) is 0.919. The minimum atomic E-state index is -3.90. The minimum Gasteiger partial charge on any atom is -0.490 e. The minimum absolute atomic E-state index is 0.0149. The van der Waals surface area contributed by atoms with Gasteiger partial charge in [0, 0.05) is 14.1 Å². The van der Waals surface area contributed by atoms with Crippen molar-refractivity contribution >= 4 is 26.0 Å². The summed E-state index contributed by atoms with van der Waals surface area (Å²) in [6.45, 7) is 5.18. The maximum absolute atomic E-state index is 12.6. The quantitative estimate of drug-likeness (QED) is 0.372. The van der Waals surface area contributed by atoms with Crippen LogP contribution in [0.15, 0.2) is 58.3 Å². The molecule has 0 saturated carbocycles. The van der Waals surface area contributed by atoms with Crippen molar-refractivity contribution in [3.63, 3.8) is 0 Å². The summed E-state index contributed by atoms with van der Waals surface area (Å²) in [6.07, 6.45) is 0. The first-order valence-electron chi connectivity index (χ1n) is 10.3. The molecule has 11 heteroatoms. The number of carbonyl (C=O) groups excluding carboxylic acids is 1. The van der Waals surface area contributed by atoms with Crippen molar-refractivity contribution in [1.29, 1.82) is 0 Å². The van der Waals surface area contributed by atoms with Gasteiger partial charge in [-0.05, 0) is 49.2 Å². The van der Waals surface area contributed by atoms with E-state index in [4.69, 9.17) is 9.47 Å². The van der Waals surface area contributed by atoms with Gasteiger partial charge >= 0.3 is 5.97 Å². The Balaban J connectivity index is 1.92. The van der Waals surface area contributed by atoms with Crippen molar-refractivity contribution in [2.75, 3.05) is 27.3 Å². The van der Waals surface area contributed by atoms with Crippen LogP contribution in [0.3, 0.4) is 0 Å². The van der Waals surface area contributed by atoms with E-state index < -0.39 is 32.1 Å². The third kappa shape index (κ3) is 7.26. The second kappa shape index (κ2) is 11.1. The van der Waals surface area contributed by atoms with Gasteiger partial charge in [-0.1, -0.05) is 31.5 Å². The van der Waals surface area contributed by atoms with Gasteiger partial charge in [0.1, 0.15) is 25.0 Å². The number of benzene rings is 2. The second-order valence-electron chi connectivity index (χ2n) is 7.93. The Kier molecular flexibility index (Phi) is 9.01. The molecular weight excluding hydrogens is 468 g/mol. The van der Waals surface area contributed by atoms with Crippen molar-refractivity contribution in [2.45, 2.75) is 36.6 Å². The molecule has 0 fully saturated rings. The highest BCUT2D eigenvalue weighted by atomic mass is 32.2. The molecule has 33 heavy (non-hydrogen) atoms. The molecule has 0 radical (unpaired) electrons. The van der Waals surface area contributed by atoms with Gasteiger partial charge in [-0.15, -0.1) is 0 Å². The van der Waals surface area contributed by atoms with E-state index in [9.17, 15) is 21.6 Å². The summed E-state index contributed by atoms with van der Waals surface area (Å²) in [6, 6.07) is 11.1. The average molecular weight is 499 g/mol. The number of aryl methyl sites for hydroxylation is 1. The van der Waals surface area contributed by atoms with E-state index in [1.807, 2.05) is 6.92 Å². The lowest BCUT2D eigenvalue weighted by atomic mass is 10.1. The van der Waals surface area contributed by atoms with Crippen LogP contribution in [0.5, 0.6) is 5.75 Å². The Labute approximate surface area is 195 Å². The molecular formula is C22H30N2O7S2. The van der Waals surface area contributed by atoms with Gasteiger partial charge in [-0.2, -0.15) is 4.72 Å². The van der Waals surface area contributed by atoms with Crippen LogP contribution in [0.1, 0.15) is 19.4 Å². The number of nitrogens with zero attached hydrogens (tertiary/aromatic N) is 1. The molecule has 182 valence electrons. The van der Waals surface area contributed by atoms with Crippen LogP contribution in [-0.4, -0.2) is 60.5 Å². The zero-order valence-electron chi connectivity index (χ0n) is 19.3. The van der Waals surface area contributed by atoms with E-state index in [0.717, 1.165) is 9.87 Å². The molecule has 2 aromatic carbocycles. The second-order valence-corrected chi connectivity index (χ2v) is 11.8. The number of sulfonamides is 2. The van der Waals surface area contributed by atoms with Crippen LogP contribution in [-0.2, 0) is 29.6 Å². The highest BCUT2D eigenvalue weighted by Crippen LogP contribution is 2.18. The van der Waals surface area contributed by atoms with Crippen molar-refractivity contribution in [3.8, 4) is 5.75 Å². The van der Waals surface area contributed by atoms with Gasteiger partial charge < -0.3 is 9.47 Å². The predicted octanol–water partition coefficient (Wildman–Crippen LogP) is 2.17. The summed E-state index contributed by atoms with van der Waals surface area (Å²) in [7, 11) is -4.54. The molecule has 0 saturated heterocycles. The molecule has 1 atom stereocenters. The SMILES string of the molecule is Cc1ccc(S(=O)(=O)N[C@H](C(=O)OCCOc2ccc(S(=O)(=O)N(C)C)cc2)C(C)C)cc1. The lowest BCUT2D eigenvalue weighted by molar-refractivity contribution is -0.147. The van der Waals surface area contributed by atoms with Crippen molar-refractivity contribution in [1.82, 2.24) is 9.03 Å². The normalized spacial score (nSPS) is 13.2. The Morgan fingerprint density at radius 3 is 1.97 bits per heavy atom. The summed E-state index contributed by atoms with van der Waals surface area (Å²) in [5, 5.41) is 0. The Morgan fingerprint density at radius 1 is 0.909 bits per heavy atom. The highest BCUT2D eigenvalue weighted by molar-refractivity contribution is 7.89. The summed E-state index contributed by atoms with van der Waals surface area (Å²) < 4.78 is 63.6. The molecule has 0 aromatic heterocycles. The van der Waals surface area contributed by atoms with Crippen molar-refractivity contribution in [3.05, 3.63) is 54.1 Å². The number of carbonyl (C=O) groups is 1. The molecule has 0 spiro atoms. The van der Waals surface area contributed by atoms with Gasteiger partial charge in [-0.25, -0.2) is 21.1 Å². The number of hydrogen-bond donors (Lipinski definition) is 1. The van der Waals surface area contributed by atoms with Crippen LogP contribution in [0.25, 0.3) is 0 Å². The van der Waals surface area contributed by atoms with Gasteiger partial charge in [0.25, 0.3) is 0 Å². The standard InChI is InChI=1S/C22H30N2O7S2/c1-16(2)21(23-32(26,27)19-10-6-17(3)7-11-19)22(25)31-15-14-30-18-8-12-20(13-9-18)33(28,29)24(4)5/h6-13,16,21,23H,14-15H2,1-5H3/t21-/m0/s1. The topological polar surface area (TPSA) is 119 Å². The molecule has 0 bridgehead atoms. The van der Waals surface area contributed by atoms with Crippen molar-refractivity contribution in [2.24, 2.45) is 5.92 Å². The first-order valence-corrected chi connectivity index (χ1v) is 13.2. The predicted molar refractivity (Wildman–Crippen MR) is 124 cm³/mol.